The zero-order valence-electron chi connectivity index (χ0n) is 15.3. The van der Waals surface area contributed by atoms with Crippen molar-refractivity contribution in [2.45, 2.75) is 11.8 Å². The predicted molar refractivity (Wildman–Crippen MR) is 102 cm³/mol. The lowest BCUT2D eigenvalue weighted by molar-refractivity contribution is 0.313. The number of hydrogen-bond donors (Lipinski definition) is 1. The standard InChI is InChI=1S/C18H24N4O3S/c1-14-4-6-16(25-3)17(12-14)26(23,24)20-18-7-5-15(13-19-18)22-10-8-21(2)9-11-22/h4-7,12-13H,8-11H2,1-3H3,(H,19,20). The fourth-order valence-corrected chi connectivity index (χ4v) is 4.15. The maximum Gasteiger partial charge on any atom is 0.266 e. The summed E-state index contributed by atoms with van der Waals surface area (Å²) in [4.78, 5) is 8.90. The number of pyridine rings is 1. The number of aromatic nitrogens is 1. The molecule has 0 unspecified atom stereocenters. The summed E-state index contributed by atoms with van der Waals surface area (Å²) in [5, 5.41) is 0. The van der Waals surface area contributed by atoms with Gasteiger partial charge in [0, 0.05) is 26.2 Å². The van der Waals surface area contributed by atoms with Crippen molar-refractivity contribution >= 4 is 21.5 Å². The van der Waals surface area contributed by atoms with Crippen molar-refractivity contribution in [2.75, 3.05) is 50.0 Å². The van der Waals surface area contributed by atoms with Crippen molar-refractivity contribution in [1.29, 1.82) is 0 Å². The third-order valence-electron chi connectivity index (χ3n) is 4.46. The van der Waals surface area contributed by atoms with Gasteiger partial charge < -0.3 is 14.5 Å². The number of rotatable bonds is 5. The molecule has 0 aliphatic carbocycles. The van der Waals surface area contributed by atoms with Crippen molar-refractivity contribution in [3.05, 3.63) is 42.1 Å². The molecule has 2 heterocycles. The Labute approximate surface area is 154 Å². The first-order chi connectivity index (χ1) is 12.4. The Kier molecular flexibility index (Phi) is 5.33. The summed E-state index contributed by atoms with van der Waals surface area (Å²) >= 11 is 0. The maximum atomic E-state index is 12.7. The van der Waals surface area contributed by atoms with E-state index in [9.17, 15) is 8.42 Å². The van der Waals surface area contributed by atoms with Gasteiger partial charge in [-0.1, -0.05) is 6.07 Å². The van der Waals surface area contributed by atoms with Crippen molar-refractivity contribution in [3.8, 4) is 5.75 Å². The lowest BCUT2D eigenvalue weighted by Crippen LogP contribution is -2.44. The van der Waals surface area contributed by atoms with E-state index in [4.69, 9.17) is 4.74 Å². The summed E-state index contributed by atoms with van der Waals surface area (Å²) in [5.74, 6) is 0.587. The lowest BCUT2D eigenvalue weighted by atomic mass is 10.2. The molecule has 0 spiro atoms. The van der Waals surface area contributed by atoms with Crippen LogP contribution >= 0.6 is 0 Å². The minimum absolute atomic E-state index is 0.102. The van der Waals surface area contributed by atoms with Gasteiger partial charge in [-0.3, -0.25) is 4.72 Å². The molecule has 1 aliphatic rings. The molecular weight excluding hydrogens is 352 g/mol. The smallest absolute Gasteiger partial charge is 0.266 e. The van der Waals surface area contributed by atoms with Crippen molar-refractivity contribution < 1.29 is 13.2 Å². The van der Waals surface area contributed by atoms with Crippen LogP contribution in [0.5, 0.6) is 5.75 Å². The molecule has 0 bridgehead atoms. The molecule has 1 aromatic heterocycles. The number of piperazine rings is 1. The molecule has 1 fully saturated rings. The fourth-order valence-electron chi connectivity index (χ4n) is 2.88. The van der Waals surface area contributed by atoms with Crippen molar-refractivity contribution in [2.24, 2.45) is 0 Å². The second kappa shape index (κ2) is 7.51. The van der Waals surface area contributed by atoms with Gasteiger partial charge in [0.1, 0.15) is 16.5 Å². The van der Waals surface area contributed by atoms with Crippen LogP contribution in [0.4, 0.5) is 11.5 Å². The number of anilines is 2. The van der Waals surface area contributed by atoms with Crippen LogP contribution in [0.15, 0.2) is 41.4 Å². The van der Waals surface area contributed by atoms with Crippen LogP contribution in [0.2, 0.25) is 0 Å². The van der Waals surface area contributed by atoms with Crippen molar-refractivity contribution in [3.63, 3.8) is 0 Å². The Bertz CT molecular complexity index is 861. The van der Waals surface area contributed by atoms with Crippen LogP contribution in [-0.4, -0.2) is 58.6 Å². The highest BCUT2D eigenvalue weighted by Crippen LogP contribution is 2.27. The van der Waals surface area contributed by atoms with E-state index in [1.807, 2.05) is 13.0 Å². The first kappa shape index (κ1) is 18.5. The number of nitrogens with zero attached hydrogens (tertiary/aromatic N) is 3. The molecular formula is C18H24N4O3S. The highest BCUT2D eigenvalue weighted by atomic mass is 32.2. The molecule has 1 N–H and O–H groups in total. The van der Waals surface area contributed by atoms with Gasteiger partial charge in [0.2, 0.25) is 0 Å². The topological polar surface area (TPSA) is 74.8 Å². The predicted octanol–water partition coefficient (Wildman–Crippen LogP) is 1.95. The molecule has 8 heteroatoms. The molecule has 26 heavy (non-hydrogen) atoms. The Morgan fingerprint density at radius 1 is 1.12 bits per heavy atom. The van der Waals surface area contributed by atoms with Gasteiger partial charge in [-0.15, -0.1) is 0 Å². The van der Waals surface area contributed by atoms with E-state index in [-0.39, 0.29) is 10.7 Å². The molecule has 2 aromatic rings. The quantitative estimate of drug-likeness (QED) is 0.860. The summed E-state index contributed by atoms with van der Waals surface area (Å²) < 4.78 is 33.1. The molecule has 3 rings (SSSR count). The SMILES string of the molecule is COc1ccc(C)cc1S(=O)(=O)Nc1ccc(N2CCN(C)CC2)cn1. The molecule has 1 saturated heterocycles. The Morgan fingerprint density at radius 3 is 2.46 bits per heavy atom. The van der Waals surface area contributed by atoms with Gasteiger partial charge in [0.05, 0.1) is 19.0 Å². The van der Waals surface area contributed by atoms with E-state index in [1.165, 1.54) is 7.11 Å². The summed E-state index contributed by atoms with van der Waals surface area (Å²) in [6.45, 7) is 5.71. The number of ether oxygens (including phenoxy) is 1. The number of sulfonamides is 1. The summed E-state index contributed by atoms with van der Waals surface area (Å²) in [5.41, 5.74) is 1.83. The molecule has 0 saturated carbocycles. The van der Waals surface area contributed by atoms with Crippen molar-refractivity contribution in [1.82, 2.24) is 9.88 Å². The highest BCUT2D eigenvalue weighted by molar-refractivity contribution is 7.92. The zero-order valence-corrected chi connectivity index (χ0v) is 16.1. The van der Waals surface area contributed by atoms with E-state index in [0.717, 1.165) is 37.4 Å². The maximum absolute atomic E-state index is 12.7. The van der Waals surface area contributed by atoms with Gasteiger partial charge in [0.25, 0.3) is 10.0 Å². The second-order valence-corrected chi connectivity index (χ2v) is 8.10. The Morgan fingerprint density at radius 2 is 1.85 bits per heavy atom. The second-order valence-electron chi connectivity index (χ2n) is 6.45. The van der Waals surface area contributed by atoms with Gasteiger partial charge in [-0.2, -0.15) is 0 Å². The molecule has 0 amide bonds. The van der Waals surface area contributed by atoms with Crippen LogP contribution in [0.3, 0.4) is 0 Å². The average molecular weight is 376 g/mol. The normalized spacial score (nSPS) is 15.7. The molecule has 0 atom stereocenters. The Hall–Kier alpha value is -2.32. The number of hydrogen-bond acceptors (Lipinski definition) is 6. The van der Waals surface area contributed by atoms with Gasteiger partial charge in [-0.05, 0) is 43.8 Å². The average Bonchev–Trinajstić information content (AvgIpc) is 2.63. The number of benzene rings is 1. The molecule has 0 radical (unpaired) electrons. The van der Waals surface area contributed by atoms with Crippen LogP contribution in [-0.2, 0) is 10.0 Å². The van der Waals surface area contributed by atoms with Gasteiger partial charge in [0.15, 0.2) is 0 Å². The minimum atomic E-state index is -3.78. The van der Waals surface area contributed by atoms with E-state index in [2.05, 4.69) is 26.6 Å². The number of likely N-dealkylation sites (N-methyl/N-ethyl adjacent to an activating group) is 1. The number of nitrogens with one attached hydrogen (secondary N) is 1. The largest absolute Gasteiger partial charge is 0.495 e. The number of methoxy groups -OCH3 is 1. The highest BCUT2D eigenvalue weighted by Gasteiger charge is 2.21. The van der Waals surface area contributed by atoms with E-state index in [0.29, 0.717) is 5.75 Å². The lowest BCUT2D eigenvalue weighted by Gasteiger charge is -2.33. The third-order valence-corrected chi connectivity index (χ3v) is 5.84. The molecule has 7 nitrogen and oxygen atoms in total. The minimum Gasteiger partial charge on any atom is -0.495 e. The first-order valence-corrected chi connectivity index (χ1v) is 9.94. The van der Waals surface area contributed by atoms with Crippen LogP contribution in [0.25, 0.3) is 0 Å². The molecule has 140 valence electrons. The van der Waals surface area contributed by atoms with Gasteiger partial charge >= 0.3 is 0 Å². The van der Waals surface area contributed by atoms with E-state index < -0.39 is 10.0 Å². The van der Waals surface area contributed by atoms with E-state index in [1.54, 1.807) is 30.5 Å². The van der Waals surface area contributed by atoms with Crippen LogP contribution in [0.1, 0.15) is 5.56 Å². The number of aryl methyl sites for hydroxylation is 1. The summed E-state index contributed by atoms with van der Waals surface area (Å²) in [6.07, 6.45) is 1.71. The first-order valence-electron chi connectivity index (χ1n) is 8.46. The molecule has 1 aromatic carbocycles. The summed E-state index contributed by atoms with van der Waals surface area (Å²) in [7, 11) is -0.226. The zero-order chi connectivity index (χ0) is 18.7. The summed E-state index contributed by atoms with van der Waals surface area (Å²) in [6, 6.07) is 8.62. The van der Waals surface area contributed by atoms with Crippen LogP contribution < -0.4 is 14.4 Å². The monoisotopic (exact) mass is 376 g/mol. The Balaban J connectivity index is 1.77. The third kappa shape index (κ3) is 4.08. The molecule has 1 aliphatic heterocycles. The van der Waals surface area contributed by atoms with E-state index >= 15 is 0 Å². The van der Waals surface area contributed by atoms with Gasteiger partial charge in [-0.25, -0.2) is 13.4 Å². The van der Waals surface area contributed by atoms with Crippen LogP contribution in [0, 0.1) is 6.92 Å². The fraction of sp³-hybridized carbons (Fsp3) is 0.389.